The Morgan fingerprint density at radius 1 is 1.00 bits per heavy atom. The minimum atomic E-state index is -0.454. The number of hydrogen-bond acceptors (Lipinski definition) is 5. The topological polar surface area (TPSA) is 58.6 Å². The van der Waals surface area contributed by atoms with Gasteiger partial charge in [-0.1, -0.05) is 0 Å². The van der Waals surface area contributed by atoms with Crippen molar-refractivity contribution in [3.05, 3.63) is 16.8 Å². The first-order valence-corrected chi connectivity index (χ1v) is 7.72. The Kier molecular flexibility index (Phi) is 4.58. The minimum absolute atomic E-state index is 0.241. The average Bonchev–Trinajstić information content (AvgIpc) is 2.43. The van der Waals surface area contributed by atoms with E-state index >= 15 is 0 Å². The van der Waals surface area contributed by atoms with Gasteiger partial charge in [0.2, 0.25) is 0 Å². The summed E-state index contributed by atoms with van der Waals surface area (Å²) in [6.07, 6.45) is -0.241. The van der Waals surface area contributed by atoms with Crippen LogP contribution >= 0.6 is 0 Å². The molecule has 1 saturated heterocycles. The summed E-state index contributed by atoms with van der Waals surface area (Å²) < 4.78 is 5.42. The highest BCUT2D eigenvalue weighted by Crippen LogP contribution is 2.22. The highest BCUT2D eigenvalue weighted by Gasteiger charge is 2.27. The summed E-state index contributed by atoms with van der Waals surface area (Å²) >= 11 is 0. The Labute approximate surface area is 132 Å². The highest BCUT2D eigenvalue weighted by molar-refractivity contribution is 5.68. The number of carbonyl (C=O) groups excluding carboxylic acids is 1. The van der Waals surface area contributed by atoms with Gasteiger partial charge in [-0.15, -0.1) is 5.10 Å². The number of aromatic nitrogens is 2. The second-order valence-electron chi connectivity index (χ2n) is 6.81. The lowest BCUT2D eigenvalue weighted by Gasteiger charge is -2.36. The number of hydrogen-bond donors (Lipinski definition) is 0. The lowest BCUT2D eigenvalue weighted by molar-refractivity contribution is 0.0240. The van der Waals surface area contributed by atoms with Crippen molar-refractivity contribution in [2.45, 2.75) is 47.1 Å². The standard InChI is InChI=1S/C16H26N4O2/c1-11-12(2)14(18-17-13(11)3)19-7-9-20(10-8-19)15(21)22-16(4,5)6/h7-10H2,1-6H3. The van der Waals surface area contributed by atoms with Crippen LogP contribution in [0.3, 0.4) is 0 Å². The average molecular weight is 306 g/mol. The number of aryl methyl sites for hydroxylation is 1. The van der Waals surface area contributed by atoms with Crippen LogP contribution in [0.5, 0.6) is 0 Å². The summed E-state index contributed by atoms with van der Waals surface area (Å²) in [6, 6.07) is 0. The van der Waals surface area contributed by atoms with Crippen molar-refractivity contribution < 1.29 is 9.53 Å². The molecule has 0 aliphatic carbocycles. The molecule has 0 atom stereocenters. The molecule has 0 N–H and O–H groups in total. The van der Waals surface area contributed by atoms with Gasteiger partial charge in [0.05, 0.1) is 5.69 Å². The molecule has 1 fully saturated rings. The molecule has 122 valence electrons. The first kappa shape index (κ1) is 16.5. The summed E-state index contributed by atoms with van der Waals surface area (Å²) in [5.74, 6) is 0.923. The Balaban J connectivity index is 2.01. The van der Waals surface area contributed by atoms with E-state index < -0.39 is 5.60 Å². The molecular formula is C16H26N4O2. The molecule has 22 heavy (non-hydrogen) atoms. The quantitative estimate of drug-likeness (QED) is 0.797. The van der Waals surface area contributed by atoms with Crippen molar-refractivity contribution >= 4 is 11.9 Å². The van der Waals surface area contributed by atoms with Gasteiger partial charge in [-0.05, 0) is 52.7 Å². The molecule has 1 aromatic rings. The summed E-state index contributed by atoms with van der Waals surface area (Å²) in [5, 5.41) is 8.55. The number of nitrogens with zero attached hydrogens (tertiary/aromatic N) is 4. The van der Waals surface area contributed by atoms with Crippen LogP contribution in [0.4, 0.5) is 10.6 Å². The fourth-order valence-electron chi connectivity index (χ4n) is 2.44. The maximum absolute atomic E-state index is 12.1. The van der Waals surface area contributed by atoms with Crippen LogP contribution < -0.4 is 4.90 Å². The molecule has 0 unspecified atom stereocenters. The van der Waals surface area contributed by atoms with Crippen LogP contribution in [-0.2, 0) is 4.74 Å². The Hall–Kier alpha value is -1.85. The van der Waals surface area contributed by atoms with E-state index in [1.165, 1.54) is 11.1 Å². The number of rotatable bonds is 1. The van der Waals surface area contributed by atoms with Gasteiger partial charge < -0.3 is 14.5 Å². The fraction of sp³-hybridized carbons (Fsp3) is 0.688. The summed E-state index contributed by atoms with van der Waals surface area (Å²) in [6.45, 7) is 14.5. The van der Waals surface area contributed by atoms with Crippen molar-refractivity contribution in [1.82, 2.24) is 15.1 Å². The number of anilines is 1. The van der Waals surface area contributed by atoms with Crippen molar-refractivity contribution in [2.24, 2.45) is 0 Å². The zero-order valence-electron chi connectivity index (χ0n) is 14.4. The van der Waals surface area contributed by atoms with Crippen molar-refractivity contribution in [1.29, 1.82) is 0 Å². The van der Waals surface area contributed by atoms with E-state index in [9.17, 15) is 4.79 Å². The maximum Gasteiger partial charge on any atom is 0.410 e. The third kappa shape index (κ3) is 3.67. The monoisotopic (exact) mass is 306 g/mol. The Bertz CT molecular complexity index is 558. The normalized spacial score (nSPS) is 15.9. The zero-order chi connectivity index (χ0) is 16.5. The van der Waals surface area contributed by atoms with Crippen molar-refractivity contribution in [3.8, 4) is 0 Å². The van der Waals surface area contributed by atoms with Crippen LogP contribution in [-0.4, -0.2) is 53.0 Å². The third-order valence-corrected chi connectivity index (χ3v) is 3.97. The van der Waals surface area contributed by atoms with E-state index in [-0.39, 0.29) is 6.09 Å². The van der Waals surface area contributed by atoms with Gasteiger partial charge in [0, 0.05) is 26.2 Å². The van der Waals surface area contributed by atoms with E-state index in [0.29, 0.717) is 13.1 Å². The highest BCUT2D eigenvalue weighted by atomic mass is 16.6. The number of ether oxygens (including phenoxy) is 1. The first-order chi connectivity index (χ1) is 10.2. The van der Waals surface area contributed by atoms with E-state index in [0.717, 1.165) is 24.6 Å². The molecule has 0 saturated carbocycles. The van der Waals surface area contributed by atoms with Crippen LogP contribution in [0.15, 0.2) is 0 Å². The van der Waals surface area contributed by atoms with Crippen molar-refractivity contribution in [3.63, 3.8) is 0 Å². The zero-order valence-corrected chi connectivity index (χ0v) is 14.4. The van der Waals surface area contributed by atoms with Gasteiger partial charge in [-0.3, -0.25) is 0 Å². The second kappa shape index (κ2) is 6.10. The lowest BCUT2D eigenvalue weighted by atomic mass is 10.1. The fourth-order valence-corrected chi connectivity index (χ4v) is 2.44. The van der Waals surface area contributed by atoms with Crippen LogP contribution in [0.2, 0.25) is 0 Å². The molecule has 1 amide bonds. The molecular weight excluding hydrogens is 280 g/mol. The molecule has 0 radical (unpaired) electrons. The number of carbonyl (C=O) groups is 1. The molecule has 6 nitrogen and oxygen atoms in total. The summed E-state index contributed by atoms with van der Waals surface area (Å²) in [4.78, 5) is 16.0. The van der Waals surface area contributed by atoms with E-state index in [4.69, 9.17) is 4.74 Å². The van der Waals surface area contributed by atoms with Gasteiger partial charge in [-0.2, -0.15) is 5.10 Å². The van der Waals surface area contributed by atoms with Crippen LogP contribution in [0, 0.1) is 20.8 Å². The maximum atomic E-state index is 12.1. The SMILES string of the molecule is Cc1nnc(N2CCN(C(=O)OC(C)(C)C)CC2)c(C)c1C. The molecule has 0 spiro atoms. The van der Waals surface area contributed by atoms with Crippen LogP contribution in [0.1, 0.15) is 37.6 Å². The predicted molar refractivity (Wildman–Crippen MR) is 86.3 cm³/mol. The van der Waals surface area contributed by atoms with E-state index in [1.807, 2.05) is 27.7 Å². The largest absolute Gasteiger partial charge is 0.444 e. The minimum Gasteiger partial charge on any atom is -0.444 e. The van der Waals surface area contributed by atoms with Gasteiger partial charge >= 0.3 is 6.09 Å². The summed E-state index contributed by atoms with van der Waals surface area (Å²) in [5.41, 5.74) is 2.86. The Morgan fingerprint density at radius 2 is 1.59 bits per heavy atom. The Morgan fingerprint density at radius 3 is 2.14 bits per heavy atom. The van der Waals surface area contributed by atoms with Crippen LogP contribution in [0.25, 0.3) is 0 Å². The molecule has 2 rings (SSSR count). The molecule has 0 bridgehead atoms. The molecule has 2 heterocycles. The molecule has 0 aromatic carbocycles. The third-order valence-electron chi connectivity index (χ3n) is 3.97. The predicted octanol–water partition coefficient (Wildman–Crippen LogP) is 2.46. The molecule has 6 heteroatoms. The van der Waals surface area contributed by atoms with Gasteiger partial charge in [0.15, 0.2) is 5.82 Å². The number of piperazine rings is 1. The van der Waals surface area contributed by atoms with E-state index in [2.05, 4.69) is 28.9 Å². The smallest absolute Gasteiger partial charge is 0.410 e. The van der Waals surface area contributed by atoms with Gasteiger partial charge in [0.25, 0.3) is 0 Å². The summed E-state index contributed by atoms with van der Waals surface area (Å²) in [7, 11) is 0. The van der Waals surface area contributed by atoms with E-state index in [1.54, 1.807) is 4.90 Å². The van der Waals surface area contributed by atoms with Crippen molar-refractivity contribution in [2.75, 3.05) is 31.1 Å². The first-order valence-electron chi connectivity index (χ1n) is 7.72. The second-order valence-corrected chi connectivity index (χ2v) is 6.81. The van der Waals surface area contributed by atoms with Gasteiger partial charge in [-0.25, -0.2) is 4.79 Å². The lowest BCUT2D eigenvalue weighted by Crippen LogP contribution is -2.50. The number of amides is 1. The molecule has 1 aromatic heterocycles. The molecule has 1 aliphatic heterocycles. The van der Waals surface area contributed by atoms with Gasteiger partial charge in [0.1, 0.15) is 5.60 Å². The molecule has 1 aliphatic rings.